The molecule has 0 spiro atoms. The molecule has 2 aromatic carbocycles. The number of rotatable bonds is 5. The minimum Gasteiger partial charge on any atom is -0.493 e. The van der Waals surface area contributed by atoms with Gasteiger partial charge in [0.2, 0.25) is 11.7 Å². The van der Waals surface area contributed by atoms with Gasteiger partial charge in [0.05, 0.1) is 36.3 Å². The molecule has 1 aliphatic rings. The van der Waals surface area contributed by atoms with Gasteiger partial charge in [0, 0.05) is 6.54 Å². The Balaban J connectivity index is 1.44. The third-order valence-electron chi connectivity index (χ3n) is 5.44. The number of carbonyl (C=O) groups excluding carboxylic acids is 1. The lowest BCUT2D eigenvalue weighted by molar-refractivity contribution is 0.0378. The summed E-state index contributed by atoms with van der Waals surface area (Å²) in [6, 6.07) is 9.65. The van der Waals surface area contributed by atoms with Crippen molar-refractivity contribution in [1.29, 1.82) is 0 Å². The minimum atomic E-state index is -0.518. The average molecular weight is 434 g/mol. The van der Waals surface area contributed by atoms with Crippen molar-refractivity contribution in [1.82, 2.24) is 30.0 Å². The molecule has 10 heteroatoms. The van der Waals surface area contributed by atoms with Gasteiger partial charge in [-0.1, -0.05) is 22.9 Å². The van der Waals surface area contributed by atoms with Crippen LogP contribution in [0.5, 0.6) is 5.75 Å². The highest BCUT2D eigenvalue weighted by Crippen LogP contribution is 2.37. The largest absolute Gasteiger partial charge is 0.493 e. The number of amides is 1. The minimum absolute atomic E-state index is 0.0394. The van der Waals surface area contributed by atoms with Crippen molar-refractivity contribution in [2.75, 3.05) is 13.7 Å². The lowest BCUT2D eigenvalue weighted by Gasteiger charge is -2.38. The van der Waals surface area contributed by atoms with E-state index in [-0.39, 0.29) is 29.4 Å². The maximum absolute atomic E-state index is 14.0. The predicted molar refractivity (Wildman–Crippen MR) is 111 cm³/mol. The van der Waals surface area contributed by atoms with Crippen molar-refractivity contribution in [3.05, 3.63) is 71.6 Å². The molecule has 32 heavy (non-hydrogen) atoms. The molecule has 2 aromatic heterocycles. The number of ether oxygens (including phenoxy) is 1. The average Bonchev–Trinajstić information content (AvgIpc) is 3.45. The quantitative estimate of drug-likeness (QED) is 0.475. The number of likely N-dealkylation sites (tertiary alicyclic amines) is 1. The Morgan fingerprint density at radius 1 is 1.22 bits per heavy atom. The van der Waals surface area contributed by atoms with Crippen LogP contribution in [0.1, 0.15) is 34.3 Å². The zero-order valence-corrected chi connectivity index (χ0v) is 17.4. The first kappa shape index (κ1) is 19.9. The number of methoxy groups -OCH3 is 1. The molecule has 1 saturated heterocycles. The van der Waals surface area contributed by atoms with Crippen LogP contribution in [-0.2, 0) is 0 Å². The van der Waals surface area contributed by atoms with Gasteiger partial charge in [-0.3, -0.25) is 4.79 Å². The van der Waals surface area contributed by atoms with Crippen LogP contribution in [0.2, 0.25) is 0 Å². The lowest BCUT2D eigenvalue weighted by atomic mass is 9.99. The molecule has 1 atom stereocenters. The Labute approximate surface area is 182 Å². The fourth-order valence-electron chi connectivity index (χ4n) is 3.75. The molecule has 0 unspecified atom stereocenters. The summed E-state index contributed by atoms with van der Waals surface area (Å²) in [6.45, 7) is 2.46. The first-order valence-electron chi connectivity index (χ1n) is 10.0. The Morgan fingerprint density at radius 2 is 2.03 bits per heavy atom. The van der Waals surface area contributed by atoms with E-state index >= 15 is 0 Å². The van der Waals surface area contributed by atoms with Crippen molar-refractivity contribution >= 4 is 5.91 Å². The fourth-order valence-corrected chi connectivity index (χ4v) is 3.75. The van der Waals surface area contributed by atoms with Crippen LogP contribution in [0.15, 0.2) is 53.3 Å². The molecule has 0 bridgehead atoms. The van der Waals surface area contributed by atoms with Gasteiger partial charge >= 0.3 is 0 Å². The summed E-state index contributed by atoms with van der Waals surface area (Å²) in [5.74, 6) is -0.168. The van der Waals surface area contributed by atoms with Crippen molar-refractivity contribution < 1.29 is 18.4 Å². The third-order valence-corrected chi connectivity index (χ3v) is 5.44. The van der Waals surface area contributed by atoms with Crippen LogP contribution in [0.4, 0.5) is 4.39 Å². The van der Waals surface area contributed by atoms with E-state index in [4.69, 9.17) is 9.26 Å². The van der Waals surface area contributed by atoms with E-state index in [1.165, 1.54) is 18.0 Å². The Hall–Kier alpha value is -4.08. The number of hydrogen-bond donors (Lipinski definition) is 0. The summed E-state index contributed by atoms with van der Waals surface area (Å²) in [5.41, 5.74) is 2.40. The summed E-state index contributed by atoms with van der Waals surface area (Å²) in [7, 11) is 1.38. The van der Waals surface area contributed by atoms with Gasteiger partial charge in [-0.2, -0.15) is 20.0 Å². The predicted octanol–water partition coefficient (Wildman–Crippen LogP) is 3.36. The van der Waals surface area contributed by atoms with Crippen LogP contribution in [0.25, 0.3) is 17.1 Å². The number of aryl methyl sites for hydroxylation is 1. The third kappa shape index (κ3) is 3.29. The maximum atomic E-state index is 14.0. The van der Waals surface area contributed by atoms with Crippen molar-refractivity contribution in [2.45, 2.75) is 19.4 Å². The van der Waals surface area contributed by atoms with E-state index in [0.29, 0.717) is 29.8 Å². The molecule has 3 heterocycles. The molecule has 162 valence electrons. The topological polar surface area (TPSA) is 99.2 Å². The van der Waals surface area contributed by atoms with E-state index in [9.17, 15) is 9.18 Å². The van der Waals surface area contributed by atoms with Gasteiger partial charge in [0.15, 0.2) is 11.6 Å². The zero-order valence-electron chi connectivity index (χ0n) is 17.4. The Kier molecular flexibility index (Phi) is 4.89. The van der Waals surface area contributed by atoms with Gasteiger partial charge < -0.3 is 14.2 Å². The van der Waals surface area contributed by atoms with Crippen LogP contribution in [-0.4, -0.2) is 49.6 Å². The van der Waals surface area contributed by atoms with E-state index in [2.05, 4.69) is 20.3 Å². The van der Waals surface area contributed by atoms with Crippen LogP contribution in [0.3, 0.4) is 0 Å². The standard InChI is InChI=1S/C22H19FN6O3/c1-13-6-7-17(29-24-9-10-25-29)15(12-13)22(30)28-11-8-18(28)21-26-20(27-32-21)14-4-3-5-16(23)19(14)31-2/h3-7,9-10,12,18H,8,11H2,1-2H3/t18-/m0/s1. The lowest BCUT2D eigenvalue weighted by Crippen LogP contribution is -2.45. The smallest absolute Gasteiger partial charge is 0.256 e. The number of para-hydroxylation sites is 1. The monoisotopic (exact) mass is 434 g/mol. The van der Waals surface area contributed by atoms with Crippen molar-refractivity contribution in [2.24, 2.45) is 0 Å². The highest BCUT2D eigenvalue weighted by molar-refractivity contribution is 5.98. The van der Waals surface area contributed by atoms with Gasteiger partial charge in [0.25, 0.3) is 5.91 Å². The van der Waals surface area contributed by atoms with Gasteiger partial charge in [-0.15, -0.1) is 0 Å². The number of nitrogens with zero attached hydrogens (tertiary/aromatic N) is 6. The molecule has 0 N–H and O–H groups in total. The summed E-state index contributed by atoms with van der Waals surface area (Å²) < 4.78 is 24.6. The number of halogens is 1. The van der Waals surface area contributed by atoms with Crippen molar-refractivity contribution in [3.63, 3.8) is 0 Å². The first-order valence-corrected chi connectivity index (χ1v) is 10.0. The van der Waals surface area contributed by atoms with Gasteiger partial charge in [-0.25, -0.2) is 4.39 Å². The van der Waals surface area contributed by atoms with Gasteiger partial charge in [-0.05, 0) is 37.6 Å². The van der Waals surface area contributed by atoms with Crippen LogP contribution < -0.4 is 4.74 Å². The Bertz CT molecular complexity index is 1290. The van der Waals surface area contributed by atoms with E-state index < -0.39 is 5.82 Å². The van der Waals surface area contributed by atoms with E-state index in [0.717, 1.165) is 5.56 Å². The summed E-state index contributed by atoms with van der Waals surface area (Å²) in [6.07, 6.45) is 3.79. The molecule has 5 rings (SSSR count). The molecule has 1 aliphatic heterocycles. The highest BCUT2D eigenvalue weighted by Gasteiger charge is 2.39. The molecule has 9 nitrogen and oxygen atoms in total. The molecule has 1 fully saturated rings. The zero-order chi connectivity index (χ0) is 22.2. The van der Waals surface area contributed by atoms with Crippen LogP contribution >= 0.6 is 0 Å². The van der Waals surface area contributed by atoms with E-state index in [1.54, 1.807) is 29.4 Å². The second-order valence-corrected chi connectivity index (χ2v) is 7.42. The van der Waals surface area contributed by atoms with Crippen LogP contribution in [0, 0.1) is 12.7 Å². The SMILES string of the molecule is COc1c(F)cccc1-c1noc([C@@H]2CCN2C(=O)c2cc(C)ccc2-n2nccn2)n1. The van der Waals surface area contributed by atoms with Crippen molar-refractivity contribution in [3.8, 4) is 22.8 Å². The highest BCUT2D eigenvalue weighted by atomic mass is 19.1. The maximum Gasteiger partial charge on any atom is 0.256 e. The normalized spacial score (nSPS) is 15.5. The molecule has 1 amide bonds. The Morgan fingerprint density at radius 3 is 2.75 bits per heavy atom. The molecule has 0 saturated carbocycles. The summed E-state index contributed by atoms with van der Waals surface area (Å²) in [5, 5.41) is 12.3. The molecule has 4 aromatic rings. The summed E-state index contributed by atoms with van der Waals surface area (Å²) >= 11 is 0. The number of benzene rings is 2. The van der Waals surface area contributed by atoms with Gasteiger partial charge in [0.1, 0.15) is 6.04 Å². The first-order chi connectivity index (χ1) is 15.6. The molecule has 0 radical (unpaired) electrons. The number of hydrogen-bond acceptors (Lipinski definition) is 7. The second kappa shape index (κ2) is 7.88. The molecular weight excluding hydrogens is 415 g/mol. The van der Waals surface area contributed by atoms with E-state index in [1.807, 2.05) is 25.1 Å². The number of aromatic nitrogens is 5. The summed E-state index contributed by atoms with van der Waals surface area (Å²) in [4.78, 5) is 20.9. The fraction of sp³-hybridized carbons (Fsp3) is 0.227. The molecule has 0 aliphatic carbocycles. The molecular formula is C22H19FN6O3. The second-order valence-electron chi connectivity index (χ2n) is 7.42. The number of carbonyl (C=O) groups is 1.